The molecule has 2 aromatic rings. The van der Waals surface area contributed by atoms with Gasteiger partial charge in [-0.05, 0) is 24.6 Å². The lowest BCUT2D eigenvalue weighted by molar-refractivity contribution is 1.06. The van der Waals surface area contributed by atoms with E-state index in [0.717, 1.165) is 16.3 Å². The number of aromatic nitrogens is 2. The fourth-order valence-electron chi connectivity index (χ4n) is 1.38. The quantitative estimate of drug-likeness (QED) is 0.781. The van der Waals surface area contributed by atoms with Gasteiger partial charge in [-0.3, -0.25) is 4.57 Å². The summed E-state index contributed by atoms with van der Waals surface area (Å²) in [7, 11) is 0. The third-order valence-electron chi connectivity index (χ3n) is 2.17. The minimum Gasteiger partial charge on any atom is -0.369 e. The van der Waals surface area contributed by atoms with Crippen molar-refractivity contribution in [3.8, 4) is 5.69 Å². The lowest BCUT2D eigenvalue weighted by Crippen LogP contribution is -2.01. The van der Waals surface area contributed by atoms with E-state index < -0.39 is 0 Å². The molecule has 2 N–H and O–H groups in total. The molecule has 0 amide bonds. The van der Waals surface area contributed by atoms with E-state index in [2.05, 4.69) is 4.98 Å². The average molecular weight is 208 g/mol. The summed E-state index contributed by atoms with van der Waals surface area (Å²) >= 11 is 6.01. The van der Waals surface area contributed by atoms with Gasteiger partial charge < -0.3 is 5.73 Å². The number of imidazole rings is 1. The van der Waals surface area contributed by atoms with Crippen LogP contribution in [0.5, 0.6) is 0 Å². The van der Waals surface area contributed by atoms with E-state index in [1.54, 1.807) is 10.8 Å². The Morgan fingerprint density at radius 3 is 2.86 bits per heavy atom. The number of hydrogen-bond acceptors (Lipinski definition) is 2. The van der Waals surface area contributed by atoms with Crippen molar-refractivity contribution in [3.05, 3.63) is 41.2 Å². The second-order valence-corrected chi connectivity index (χ2v) is 3.45. The van der Waals surface area contributed by atoms with Crippen molar-refractivity contribution in [1.82, 2.24) is 9.55 Å². The molecule has 2 rings (SSSR count). The van der Waals surface area contributed by atoms with Crippen LogP contribution < -0.4 is 5.73 Å². The summed E-state index contributed by atoms with van der Waals surface area (Å²) in [5, 5.41) is 0.732. The van der Waals surface area contributed by atoms with Gasteiger partial charge in [0.2, 0.25) is 5.95 Å². The zero-order valence-electron chi connectivity index (χ0n) is 7.74. The minimum absolute atomic E-state index is 0.468. The van der Waals surface area contributed by atoms with Gasteiger partial charge in [0.05, 0.1) is 5.69 Å². The highest BCUT2D eigenvalue weighted by molar-refractivity contribution is 6.31. The van der Waals surface area contributed by atoms with Crippen molar-refractivity contribution >= 4 is 17.5 Å². The molecule has 14 heavy (non-hydrogen) atoms. The Morgan fingerprint density at radius 1 is 1.43 bits per heavy atom. The van der Waals surface area contributed by atoms with Crippen molar-refractivity contribution in [2.75, 3.05) is 5.73 Å². The Morgan fingerprint density at radius 2 is 2.21 bits per heavy atom. The smallest absolute Gasteiger partial charge is 0.204 e. The molecule has 1 aromatic carbocycles. The summed E-state index contributed by atoms with van der Waals surface area (Å²) in [6.07, 6.45) is 3.48. The highest BCUT2D eigenvalue weighted by atomic mass is 35.5. The van der Waals surface area contributed by atoms with Crippen LogP contribution >= 0.6 is 11.6 Å². The molecule has 1 heterocycles. The van der Waals surface area contributed by atoms with Crippen molar-refractivity contribution < 1.29 is 0 Å². The fraction of sp³-hybridized carbons (Fsp3) is 0.100. The highest BCUT2D eigenvalue weighted by Crippen LogP contribution is 2.23. The predicted molar refractivity (Wildman–Crippen MR) is 57.7 cm³/mol. The second-order valence-electron chi connectivity index (χ2n) is 3.04. The van der Waals surface area contributed by atoms with E-state index in [-0.39, 0.29) is 0 Å². The average Bonchev–Trinajstić information content (AvgIpc) is 2.57. The van der Waals surface area contributed by atoms with Crippen LogP contribution in [0.25, 0.3) is 5.69 Å². The van der Waals surface area contributed by atoms with Gasteiger partial charge >= 0.3 is 0 Å². The van der Waals surface area contributed by atoms with Gasteiger partial charge in [-0.15, -0.1) is 0 Å². The minimum atomic E-state index is 0.468. The molecule has 0 saturated carbocycles. The molecule has 0 saturated heterocycles. The van der Waals surface area contributed by atoms with Crippen LogP contribution in [0, 0.1) is 6.92 Å². The van der Waals surface area contributed by atoms with Crippen LogP contribution in [-0.4, -0.2) is 9.55 Å². The molecule has 0 bridgehead atoms. The van der Waals surface area contributed by atoms with Gasteiger partial charge in [0, 0.05) is 17.4 Å². The van der Waals surface area contributed by atoms with Crippen LogP contribution in [0.15, 0.2) is 30.6 Å². The third-order valence-corrected chi connectivity index (χ3v) is 2.58. The molecule has 0 fully saturated rings. The Kier molecular flexibility index (Phi) is 2.17. The number of halogens is 1. The van der Waals surface area contributed by atoms with Gasteiger partial charge in [-0.2, -0.15) is 0 Å². The predicted octanol–water partition coefficient (Wildman–Crippen LogP) is 2.42. The first kappa shape index (κ1) is 9.09. The number of nitrogens with two attached hydrogens (primary N) is 1. The first-order valence-electron chi connectivity index (χ1n) is 4.24. The third kappa shape index (κ3) is 1.36. The molecule has 0 unspecified atom stereocenters. The maximum Gasteiger partial charge on any atom is 0.204 e. The van der Waals surface area contributed by atoms with Gasteiger partial charge in [0.1, 0.15) is 0 Å². The number of rotatable bonds is 1. The molecule has 0 radical (unpaired) electrons. The number of nitrogens with zero attached hydrogens (tertiary/aromatic N) is 2. The van der Waals surface area contributed by atoms with E-state index in [0.29, 0.717) is 5.95 Å². The van der Waals surface area contributed by atoms with Crippen LogP contribution in [-0.2, 0) is 0 Å². The maximum absolute atomic E-state index is 6.01. The van der Waals surface area contributed by atoms with Crippen molar-refractivity contribution in [2.45, 2.75) is 6.92 Å². The van der Waals surface area contributed by atoms with E-state index >= 15 is 0 Å². The highest BCUT2D eigenvalue weighted by Gasteiger charge is 2.05. The second kappa shape index (κ2) is 3.35. The van der Waals surface area contributed by atoms with Crippen molar-refractivity contribution in [2.24, 2.45) is 0 Å². The molecule has 0 aliphatic heterocycles. The lowest BCUT2D eigenvalue weighted by atomic mass is 10.2. The summed E-state index contributed by atoms with van der Waals surface area (Å²) in [4.78, 5) is 3.96. The van der Waals surface area contributed by atoms with Crippen LogP contribution in [0.4, 0.5) is 5.95 Å². The monoisotopic (exact) mass is 207 g/mol. The summed E-state index contributed by atoms with van der Waals surface area (Å²) in [5.74, 6) is 0.468. The Bertz CT molecular complexity index is 462. The fourth-order valence-corrected chi connectivity index (χ4v) is 1.55. The van der Waals surface area contributed by atoms with E-state index in [4.69, 9.17) is 17.3 Å². The number of hydrogen-bond donors (Lipinski definition) is 1. The Balaban J connectivity index is 2.63. The maximum atomic E-state index is 6.01. The molecule has 1 aromatic heterocycles. The molecule has 4 heteroatoms. The van der Waals surface area contributed by atoms with Gasteiger partial charge in [-0.1, -0.05) is 17.7 Å². The Hall–Kier alpha value is -1.48. The number of anilines is 1. The SMILES string of the molecule is Cc1c(Cl)cccc1-n1ccnc1N. The van der Waals surface area contributed by atoms with Crippen LogP contribution in [0.2, 0.25) is 5.02 Å². The van der Waals surface area contributed by atoms with E-state index in [9.17, 15) is 0 Å². The summed E-state index contributed by atoms with van der Waals surface area (Å²) in [6.45, 7) is 1.96. The lowest BCUT2D eigenvalue weighted by Gasteiger charge is -2.09. The standard InChI is InChI=1S/C10H10ClN3/c1-7-8(11)3-2-4-9(7)14-6-5-13-10(14)12/h2-6H,1H3,(H2,12,13). The summed E-state index contributed by atoms with van der Waals surface area (Å²) < 4.78 is 1.81. The molecular formula is C10H10ClN3. The zero-order chi connectivity index (χ0) is 10.1. The molecule has 0 atom stereocenters. The molecule has 72 valence electrons. The van der Waals surface area contributed by atoms with Gasteiger partial charge in [0.25, 0.3) is 0 Å². The molecular weight excluding hydrogens is 198 g/mol. The Labute approximate surface area is 87.1 Å². The topological polar surface area (TPSA) is 43.8 Å². The molecule has 3 nitrogen and oxygen atoms in total. The summed E-state index contributed by atoms with van der Waals surface area (Å²) in [5.41, 5.74) is 7.66. The van der Waals surface area contributed by atoms with Gasteiger partial charge in [-0.25, -0.2) is 4.98 Å². The van der Waals surface area contributed by atoms with Crippen molar-refractivity contribution in [3.63, 3.8) is 0 Å². The molecule has 0 aliphatic carbocycles. The molecule has 0 aliphatic rings. The largest absolute Gasteiger partial charge is 0.369 e. The van der Waals surface area contributed by atoms with E-state index in [1.807, 2.05) is 31.3 Å². The number of benzene rings is 1. The van der Waals surface area contributed by atoms with E-state index in [1.165, 1.54) is 0 Å². The first-order chi connectivity index (χ1) is 6.70. The van der Waals surface area contributed by atoms with Gasteiger partial charge in [0.15, 0.2) is 0 Å². The summed E-state index contributed by atoms with van der Waals surface area (Å²) in [6, 6.07) is 5.71. The van der Waals surface area contributed by atoms with Crippen LogP contribution in [0.3, 0.4) is 0 Å². The normalized spacial score (nSPS) is 10.4. The number of nitrogen functional groups attached to an aromatic ring is 1. The van der Waals surface area contributed by atoms with Crippen LogP contribution in [0.1, 0.15) is 5.56 Å². The molecule has 0 spiro atoms. The van der Waals surface area contributed by atoms with Crippen molar-refractivity contribution in [1.29, 1.82) is 0 Å². The first-order valence-corrected chi connectivity index (χ1v) is 4.62. The zero-order valence-corrected chi connectivity index (χ0v) is 8.49.